The van der Waals surface area contributed by atoms with Gasteiger partial charge < -0.3 is 5.32 Å². The molecule has 0 saturated carbocycles. The summed E-state index contributed by atoms with van der Waals surface area (Å²) in [5.41, 5.74) is 0.991. The molecule has 1 aromatic heterocycles. The Labute approximate surface area is 99.8 Å². The van der Waals surface area contributed by atoms with E-state index in [4.69, 9.17) is 0 Å². The van der Waals surface area contributed by atoms with E-state index in [2.05, 4.69) is 43.0 Å². The van der Waals surface area contributed by atoms with Crippen LogP contribution in [-0.4, -0.2) is 17.6 Å². The van der Waals surface area contributed by atoms with Crippen LogP contribution in [0.2, 0.25) is 0 Å². The lowest BCUT2D eigenvalue weighted by Gasteiger charge is -2.14. The maximum atomic E-state index is 11.3. The molecular weight excluding hydrogens is 222 g/mol. The molecule has 16 heavy (non-hydrogen) atoms. The summed E-state index contributed by atoms with van der Waals surface area (Å²) in [6, 6.07) is -0.255. The Hall–Kier alpha value is -1.36. The van der Waals surface area contributed by atoms with Crippen LogP contribution < -0.4 is 10.6 Å². The third kappa shape index (κ3) is 3.66. The zero-order valence-electron chi connectivity index (χ0n) is 9.83. The fourth-order valence-corrected chi connectivity index (χ4v) is 1.91. The van der Waals surface area contributed by atoms with Crippen molar-refractivity contribution in [2.75, 3.05) is 11.9 Å². The lowest BCUT2D eigenvalue weighted by atomic mass is 9.93. The van der Waals surface area contributed by atoms with E-state index in [1.807, 2.05) is 5.38 Å². The molecule has 1 heterocycles. The molecule has 0 saturated heterocycles. The number of thiazole rings is 1. The van der Waals surface area contributed by atoms with Crippen molar-refractivity contribution in [3.8, 4) is 0 Å². The lowest BCUT2D eigenvalue weighted by Crippen LogP contribution is -2.28. The van der Waals surface area contributed by atoms with Crippen LogP contribution in [0.5, 0.6) is 0 Å². The molecule has 0 aliphatic rings. The molecule has 0 atom stereocenters. The van der Waals surface area contributed by atoms with Crippen molar-refractivity contribution >= 4 is 22.5 Å². The van der Waals surface area contributed by atoms with Gasteiger partial charge in [-0.2, -0.15) is 0 Å². The fraction of sp³-hybridized carbons (Fsp3) is 0.455. The number of nitrogens with zero attached hydrogens (tertiary/aromatic N) is 1. The molecule has 4 nitrogen and oxygen atoms in total. The number of rotatable bonds is 3. The van der Waals surface area contributed by atoms with Crippen molar-refractivity contribution in [2.45, 2.75) is 26.2 Å². The summed E-state index contributed by atoms with van der Waals surface area (Å²) >= 11 is 1.43. The van der Waals surface area contributed by atoms with Crippen LogP contribution in [-0.2, 0) is 5.41 Å². The van der Waals surface area contributed by atoms with Gasteiger partial charge in [-0.3, -0.25) is 5.32 Å². The van der Waals surface area contributed by atoms with Crippen LogP contribution in [0.3, 0.4) is 0 Å². The van der Waals surface area contributed by atoms with Crippen molar-refractivity contribution in [2.24, 2.45) is 0 Å². The van der Waals surface area contributed by atoms with Gasteiger partial charge in [0, 0.05) is 17.3 Å². The molecule has 2 N–H and O–H groups in total. The second kappa shape index (κ2) is 5.12. The van der Waals surface area contributed by atoms with Gasteiger partial charge >= 0.3 is 6.03 Å². The van der Waals surface area contributed by atoms with Crippen LogP contribution in [0.1, 0.15) is 26.5 Å². The molecule has 5 heteroatoms. The number of carbonyl (C=O) groups excluding carboxylic acids is 1. The van der Waals surface area contributed by atoms with Crippen molar-refractivity contribution in [1.29, 1.82) is 0 Å². The highest BCUT2D eigenvalue weighted by atomic mass is 32.1. The van der Waals surface area contributed by atoms with E-state index in [-0.39, 0.29) is 11.4 Å². The number of anilines is 1. The molecule has 0 radical (unpaired) electrons. The Bertz CT molecular complexity index is 379. The molecule has 88 valence electrons. The Morgan fingerprint density at radius 2 is 2.31 bits per heavy atom. The highest BCUT2D eigenvalue weighted by molar-refractivity contribution is 7.13. The second-order valence-corrected chi connectivity index (χ2v) is 5.27. The number of urea groups is 1. The summed E-state index contributed by atoms with van der Waals surface area (Å²) < 4.78 is 0. The minimum absolute atomic E-state index is 0.00796. The number of hydrogen-bond acceptors (Lipinski definition) is 3. The highest BCUT2D eigenvalue weighted by Crippen LogP contribution is 2.26. The number of carbonyl (C=O) groups is 1. The van der Waals surface area contributed by atoms with E-state index < -0.39 is 0 Å². The topological polar surface area (TPSA) is 54.0 Å². The Morgan fingerprint density at radius 3 is 2.81 bits per heavy atom. The summed E-state index contributed by atoms with van der Waals surface area (Å²) in [4.78, 5) is 15.7. The smallest absolute Gasteiger partial charge is 0.321 e. The first-order chi connectivity index (χ1) is 7.43. The van der Waals surface area contributed by atoms with E-state index in [0.29, 0.717) is 11.7 Å². The fourth-order valence-electron chi connectivity index (χ4n) is 0.982. The number of nitrogens with one attached hydrogen (secondary N) is 2. The zero-order valence-corrected chi connectivity index (χ0v) is 10.6. The van der Waals surface area contributed by atoms with E-state index in [0.717, 1.165) is 5.69 Å². The predicted octanol–water partition coefficient (Wildman–Crippen LogP) is 2.75. The Kier molecular flexibility index (Phi) is 4.06. The Morgan fingerprint density at radius 1 is 1.62 bits per heavy atom. The van der Waals surface area contributed by atoms with Gasteiger partial charge in [-0.15, -0.1) is 17.9 Å². The van der Waals surface area contributed by atoms with Crippen molar-refractivity contribution in [3.05, 3.63) is 23.7 Å². The lowest BCUT2D eigenvalue weighted by molar-refractivity contribution is 0.253. The summed E-state index contributed by atoms with van der Waals surface area (Å²) in [5.74, 6) is 0. The molecule has 2 amide bonds. The monoisotopic (exact) mass is 239 g/mol. The maximum absolute atomic E-state index is 11.3. The van der Waals surface area contributed by atoms with Crippen LogP contribution in [0.4, 0.5) is 9.93 Å². The molecule has 0 fully saturated rings. The first kappa shape index (κ1) is 12.7. The van der Waals surface area contributed by atoms with Crippen LogP contribution >= 0.6 is 11.3 Å². The third-order valence-electron chi connectivity index (χ3n) is 1.90. The highest BCUT2D eigenvalue weighted by Gasteiger charge is 2.17. The first-order valence-corrected chi connectivity index (χ1v) is 5.93. The molecule has 0 aliphatic carbocycles. The van der Waals surface area contributed by atoms with Gasteiger partial charge in [0.05, 0.1) is 5.69 Å². The molecule has 0 unspecified atom stereocenters. The molecule has 0 aromatic carbocycles. The minimum atomic E-state index is -0.255. The molecular formula is C11H17N3OS. The Balaban J connectivity index is 2.59. The largest absolute Gasteiger partial charge is 0.334 e. The SMILES string of the molecule is C=CCNC(=O)Nc1nc(C(C)(C)C)cs1. The van der Waals surface area contributed by atoms with E-state index in [1.165, 1.54) is 11.3 Å². The van der Waals surface area contributed by atoms with Gasteiger partial charge in [-0.1, -0.05) is 26.8 Å². The van der Waals surface area contributed by atoms with Gasteiger partial charge in [0.1, 0.15) is 0 Å². The predicted molar refractivity (Wildman–Crippen MR) is 68.0 cm³/mol. The van der Waals surface area contributed by atoms with Crippen molar-refractivity contribution < 1.29 is 4.79 Å². The molecule has 0 aliphatic heterocycles. The van der Waals surface area contributed by atoms with Crippen molar-refractivity contribution in [3.63, 3.8) is 0 Å². The normalized spacial score (nSPS) is 10.9. The quantitative estimate of drug-likeness (QED) is 0.797. The third-order valence-corrected chi connectivity index (χ3v) is 2.66. The van der Waals surface area contributed by atoms with Crippen LogP contribution in [0, 0.1) is 0 Å². The summed E-state index contributed by atoms with van der Waals surface area (Å²) in [6.45, 7) is 10.2. The average Bonchev–Trinajstić information content (AvgIpc) is 2.62. The maximum Gasteiger partial charge on any atom is 0.321 e. The minimum Gasteiger partial charge on any atom is -0.334 e. The van der Waals surface area contributed by atoms with Gasteiger partial charge in [0.25, 0.3) is 0 Å². The average molecular weight is 239 g/mol. The summed E-state index contributed by atoms with van der Waals surface area (Å²) in [6.07, 6.45) is 1.63. The number of amides is 2. The molecule has 0 bridgehead atoms. The standard InChI is InChI=1S/C11H17N3OS/c1-5-6-12-9(15)14-10-13-8(7-16-10)11(2,3)4/h5,7H,1,6H2,2-4H3,(H2,12,13,14,15). The van der Waals surface area contributed by atoms with Crippen LogP contribution in [0.25, 0.3) is 0 Å². The van der Waals surface area contributed by atoms with Gasteiger partial charge in [0.2, 0.25) is 0 Å². The van der Waals surface area contributed by atoms with E-state index >= 15 is 0 Å². The molecule has 1 aromatic rings. The van der Waals surface area contributed by atoms with Gasteiger partial charge in [-0.25, -0.2) is 9.78 Å². The number of aromatic nitrogens is 1. The van der Waals surface area contributed by atoms with E-state index in [9.17, 15) is 4.79 Å². The second-order valence-electron chi connectivity index (χ2n) is 4.41. The van der Waals surface area contributed by atoms with Gasteiger partial charge in [-0.05, 0) is 0 Å². The van der Waals surface area contributed by atoms with Gasteiger partial charge in [0.15, 0.2) is 5.13 Å². The summed E-state index contributed by atoms with van der Waals surface area (Å²) in [7, 11) is 0. The van der Waals surface area contributed by atoms with E-state index in [1.54, 1.807) is 6.08 Å². The first-order valence-electron chi connectivity index (χ1n) is 5.05. The molecule has 0 spiro atoms. The zero-order chi connectivity index (χ0) is 12.2. The molecule has 1 rings (SSSR count). The number of hydrogen-bond donors (Lipinski definition) is 2. The van der Waals surface area contributed by atoms with Crippen LogP contribution in [0.15, 0.2) is 18.0 Å². The summed E-state index contributed by atoms with van der Waals surface area (Å²) in [5, 5.41) is 7.88. The van der Waals surface area contributed by atoms with Crippen molar-refractivity contribution in [1.82, 2.24) is 10.3 Å².